The number of benzene rings is 1. The van der Waals surface area contributed by atoms with Gasteiger partial charge in [0.25, 0.3) is 0 Å². The molecule has 1 rings (SSSR count). The smallest absolute Gasteiger partial charge is 0.0237 e. The van der Waals surface area contributed by atoms with Crippen LogP contribution in [-0.2, 0) is 13.1 Å². The quantitative estimate of drug-likeness (QED) is 0.532. The van der Waals surface area contributed by atoms with Gasteiger partial charge in [-0.05, 0) is 30.6 Å². The van der Waals surface area contributed by atoms with Gasteiger partial charge in [-0.25, -0.2) is 0 Å². The van der Waals surface area contributed by atoms with Crippen molar-refractivity contribution in [3.63, 3.8) is 0 Å². The molecule has 0 aliphatic carbocycles. The highest BCUT2D eigenvalue weighted by Gasteiger charge is 2.02. The second-order valence-electron chi connectivity index (χ2n) is 4.61. The van der Waals surface area contributed by atoms with E-state index in [4.69, 9.17) is 0 Å². The van der Waals surface area contributed by atoms with Crippen LogP contribution in [0, 0.1) is 0 Å². The van der Waals surface area contributed by atoms with Gasteiger partial charge in [-0.2, -0.15) is 0 Å². The summed E-state index contributed by atoms with van der Waals surface area (Å²) in [5.74, 6) is 0. The van der Waals surface area contributed by atoms with E-state index in [9.17, 15) is 0 Å². The summed E-state index contributed by atoms with van der Waals surface area (Å²) in [6.07, 6.45) is 3.15. The zero-order valence-electron chi connectivity index (χ0n) is 11.8. The predicted octanol–water partition coefficient (Wildman–Crippen LogP) is 3.19. The monoisotopic (exact) mass is 246 g/mol. The molecule has 1 aromatic rings. The van der Waals surface area contributed by atoms with Gasteiger partial charge in [-0.3, -0.25) is 4.90 Å². The number of hydrogen-bond donors (Lipinski definition) is 1. The summed E-state index contributed by atoms with van der Waals surface area (Å²) in [5.41, 5.74) is 2.75. The lowest BCUT2D eigenvalue weighted by molar-refractivity contribution is 0.311. The number of hydrogen-bond acceptors (Lipinski definition) is 2. The van der Waals surface area contributed by atoms with E-state index < -0.39 is 0 Å². The zero-order valence-corrected chi connectivity index (χ0v) is 11.8. The summed E-state index contributed by atoms with van der Waals surface area (Å²) >= 11 is 0. The van der Waals surface area contributed by atoms with Crippen LogP contribution in [0.15, 0.2) is 36.9 Å². The molecule has 0 aliphatic rings. The van der Waals surface area contributed by atoms with Crippen LogP contribution in [0.4, 0.5) is 0 Å². The second kappa shape index (κ2) is 8.90. The number of nitrogens with one attached hydrogen (secondary N) is 1. The molecule has 0 amide bonds. The molecule has 1 aromatic carbocycles. The number of likely N-dealkylation sites (N-methyl/N-ethyl adjacent to an activating group) is 1. The maximum Gasteiger partial charge on any atom is 0.0237 e. The van der Waals surface area contributed by atoms with Gasteiger partial charge in [-0.1, -0.05) is 44.2 Å². The van der Waals surface area contributed by atoms with Crippen molar-refractivity contribution in [1.29, 1.82) is 0 Å². The van der Waals surface area contributed by atoms with Gasteiger partial charge in [0, 0.05) is 19.6 Å². The van der Waals surface area contributed by atoms with Gasteiger partial charge in [-0.15, -0.1) is 6.58 Å². The lowest BCUT2D eigenvalue weighted by atomic mass is 10.1. The average molecular weight is 246 g/mol. The second-order valence-corrected chi connectivity index (χ2v) is 4.61. The third kappa shape index (κ3) is 5.48. The van der Waals surface area contributed by atoms with E-state index >= 15 is 0 Å². The standard InChI is InChI=1S/C16H26N2/c1-4-10-17-13-15-8-7-9-16(12-15)14-18(6-3)11-5-2/h5,7-9,12,17H,2,4,6,10-11,13-14H2,1,3H3. The predicted molar refractivity (Wildman–Crippen MR) is 79.6 cm³/mol. The fourth-order valence-corrected chi connectivity index (χ4v) is 1.99. The fourth-order valence-electron chi connectivity index (χ4n) is 1.99. The Morgan fingerprint density at radius 1 is 1.28 bits per heavy atom. The molecule has 0 heterocycles. The Bertz CT molecular complexity index is 347. The van der Waals surface area contributed by atoms with E-state index in [2.05, 4.69) is 54.9 Å². The molecule has 0 saturated carbocycles. The van der Waals surface area contributed by atoms with Crippen LogP contribution in [0.1, 0.15) is 31.4 Å². The van der Waals surface area contributed by atoms with Crippen LogP contribution >= 0.6 is 0 Å². The number of rotatable bonds is 9. The molecule has 0 atom stereocenters. The molecule has 1 N–H and O–H groups in total. The first-order chi connectivity index (χ1) is 8.80. The van der Waals surface area contributed by atoms with Crippen molar-refractivity contribution >= 4 is 0 Å². The van der Waals surface area contributed by atoms with Crippen molar-refractivity contribution in [3.8, 4) is 0 Å². The van der Waals surface area contributed by atoms with Crippen LogP contribution in [0.3, 0.4) is 0 Å². The van der Waals surface area contributed by atoms with E-state index in [0.29, 0.717) is 0 Å². The van der Waals surface area contributed by atoms with E-state index in [0.717, 1.165) is 32.7 Å². The first-order valence-corrected chi connectivity index (χ1v) is 6.91. The Balaban J connectivity index is 2.54. The van der Waals surface area contributed by atoms with Crippen LogP contribution < -0.4 is 5.32 Å². The summed E-state index contributed by atoms with van der Waals surface area (Å²) in [6, 6.07) is 8.85. The maximum absolute atomic E-state index is 3.81. The van der Waals surface area contributed by atoms with Gasteiger partial charge in [0.2, 0.25) is 0 Å². The molecule has 0 aliphatic heterocycles. The van der Waals surface area contributed by atoms with Crippen LogP contribution in [0.25, 0.3) is 0 Å². The minimum absolute atomic E-state index is 0.953. The molecule has 2 heteroatoms. The van der Waals surface area contributed by atoms with Gasteiger partial charge in [0.15, 0.2) is 0 Å². The van der Waals surface area contributed by atoms with Crippen LogP contribution in [0.2, 0.25) is 0 Å². The summed E-state index contributed by atoms with van der Waals surface area (Å²) in [4.78, 5) is 2.38. The van der Waals surface area contributed by atoms with Crippen molar-refractivity contribution in [2.45, 2.75) is 33.4 Å². The summed E-state index contributed by atoms with van der Waals surface area (Å²) in [5, 5.41) is 3.44. The molecule has 100 valence electrons. The highest BCUT2D eigenvalue weighted by atomic mass is 15.1. The topological polar surface area (TPSA) is 15.3 Å². The Labute approximate surface area is 112 Å². The van der Waals surface area contributed by atoms with Gasteiger partial charge in [0.05, 0.1) is 0 Å². The molecule has 0 spiro atoms. The fraction of sp³-hybridized carbons (Fsp3) is 0.500. The van der Waals surface area contributed by atoms with Crippen molar-refractivity contribution < 1.29 is 0 Å². The average Bonchev–Trinajstić information content (AvgIpc) is 2.39. The molecule has 0 aromatic heterocycles. The summed E-state index contributed by atoms with van der Waals surface area (Å²) < 4.78 is 0. The van der Waals surface area contributed by atoms with E-state index in [1.54, 1.807) is 0 Å². The molecule has 0 bridgehead atoms. The van der Waals surface area contributed by atoms with E-state index in [1.165, 1.54) is 17.5 Å². The zero-order chi connectivity index (χ0) is 13.2. The molecule has 0 fully saturated rings. The van der Waals surface area contributed by atoms with Crippen LogP contribution in [-0.4, -0.2) is 24.5 Å². The minimum Gasteiger partial charge on any atom is -0.313 e. The number of nitrogens with zero attached hydrogens (tertiary/aromatic N) is 1. The third-order valence-electron chi connectivity index (χ3n) is 2.99. The first kappa shape index (κ1) is 14.9. The summed E-state index contributed by atoms with van der Waals surface area (Å²) in [7, 11) is 0. The molecule has 0 radical (unpaired) electrons. The summed E-state index contributed by atoms with van der Waals surface area (Å²) in [6.45, 7) is 13.3. The molecule has 0 unspecified atom stereocenters. The van der Waals surface area contributed by atoms with E-state index in [1.807, 2.05) is 6.08 Å². The third-order valence-corrected chi connectivity index (χ3v) is 2.99. The molecule has 2 nitrogen and oxygen atoms in total. The van der Waals surface area contributed by atoms with Crippen molar-refractivity contribution in [2.24, 2.45) is 0 Å². The molecule has 0 saturated heterocycles. The van der Waals surface area contributed by atoms with Gasteiger partial charge >= 0.3 is 0 Å². The Kier molecular flexibility index (Phi) is 7.38. The Hall–Kier alpha value is -1.12. The Morgan fingerprint density at radius 3 is 2.72 bits per heavy atom. The highest BCUT2D eigenvalue weighted by Crippen LogP contribution is 2.08. The Morgan fingerprint density at radius 2 is 2.06 bits per heavy atom. The first-order valence-electron chi connectivity index (χ1n) is 6.91. The molecule has 18 heavy (non-hydrogen) atoms. The largest absolute Gasteiger partial charge is 0.313 e. The van der Waals surface area contributed by atoms with Gasteiger partial charge < -0.3 is 5.32 Å². The highest BCUT2D eigenvalue weighted by molar-refractivity contribution is 5.23. The lowest BCUT2D eigenvalue weighted by Crippen LogP contribution is -2.22. The van der Waals surface area contributed by atoms with Crippen molar-refractivity contribution in [2.75, 3.05) is 19.6 Å². The van der Waals surface area contributed by atoms with Crippen molar-refractivity contribution in [3.05, 3.63) is 48.0 Å². The van der Waals surface area contributed by atoms with Gasteiger partial charge in [0.1, 0.15) is 0 Å². The molecular formula is C16H26N2. The maximum atomic E-state index is 3.81. The lowest BCUT2D eigenvalue weighted by Gasteiger charge is -2.18. The van der Waals surface area contributed by atoms with Crippen LogP contribution in [0.5, 0.6) is 0 Å². The minimum atomic E-state index is 0.953. The van der Waals surface area contributed by atoms with E-state index in [-0.39, 0.29) is 0 Å². The SMILES string of the molecule is C=CCN(CC)Cc1cccc(CNCCC)c1. The molecular weight excluding hydrogens is 220 g/mol. The normalized spacial score (nSPS) is 10.8. The van der Waals surface area contributed by atoms with Crippen molar-refractivity contribution in [1.82, 2.24) is 10.2 Å².